The molecule has 0 aliphatic carbocycles. The number of amides is 1. The molecule has 1 aromatic rings. The molecule has 1 N–H and O–H groups in total. The van der Waals surface area contributed by atoms with E-state index in [1.165, 1.54) is 17.0 Å². The SMILES string of the molecule is CN(C(=O)CCOc1ccccc1F)C(C)(C)CO. The molecule has 1 aromatic carbocycles. The minimum absolute atomic E-state index is 0.103. The topological polar surface area (TPSA) is 49.8 Å². The Bertz CT molecular complexity index is 434. The maximum absolute atomic E-state index is 13.3. The lowest BCUT2D eigenvalue weighted by atomic mass is 10.0. The summed E-state index contributed by atoms with van der Waals surface area (Å²) >= 11 is 0. The Kier molecular flexibility index (Phi) is 5.30. The van der Waals surface area contributed by atoms with Crippen LogP contribution in [0, 0.1) is 5.82 Å². The monoisotopic (exact) mass is 269 g/mol. The van der Waals surface area contributed by atoms with Gasteiger partial charge >= 0.3 is 0 Å². The van der Waals surface area contributed by atoms with E-state index < -0.39 is 11.4 Å². The van der Waals surface area contributed by atoms with Crippen LogP contribution in [0.4, 0.5) is 4.39 Å². The van der Waals surface area contributed by atoms with Crippen molar-refractivity contribution in [1.82, 2.24) is 4.90 Å². The smallest absolute Gasteiger partial charge is 0.226 e. The first-order valence-electron chi connectivity index (χ1n) is 6.13. The van der Waals surface area contributed by atoms with E-state index in [1.54, 1.807) is 33.0 Å². The first kappa shape index (κ1) is 15.4. The number of carbonyl (C=O) groups excluding carboxylic acids is 1. The van der Waals surface area contributed by atoms with Crippen LogP contribution in [0.15, 0.2) is 24.3 Å². The summed E-state index contributed by atoms with van der Waals surface area (Å²) in [6.45, 7) is 3.51. The highest BCUT2D eigenvalue weighted by Gasteiger charge is 2.26. The number of aliphatic hydroxyl groups excluding tert-OH is 1. The minimum atomic E-state index is -0.616. The van der Waals surface area contributed by atoms with Crippen molar-refractivity contribution in [3.8, 4) is 5.75 Å². The van der Waals surface area contributed by atoms with E-state index >= 15 is 0 Å². The summed E-state index contributed by atoms with van der Waals surface area (Å²) in [6, 6.07) is 6.06. The van der Waals surface area contributed by atoms with Gasteiger partial charge in [0.1, 0.15) is 0 Å². The molecule has 0 radical (unpaired) electrons. The Balaban J connectivity index is 2.46. The van der Waals surface area contributed by atoms with Gasteiger partial charge in [-0.1, -0.05) is 12.1 Å². The second kappa shape index (κ2) is 6.52. The van der Waals surface area contributed by atoms with Gasteiger partial charge < -0.3 is 14.7 Å². The number of aliphatic hydroxyl groups is 1. The fraction of sp³-hybridized carbons (Fsp3) is 0.500. The van der Waals surface area contributed by atoms with Crippen molar-refractivity contribution < 1.29 is 19.0 Å². The Labute approximate surface area is 112 Å². The molecule has 0 fully saturated rings. The van der Waals surface area contributed by atoms with Gasteiger partial charge in [-0.05, 0) is 26.0 Å². The van der Waals surface area contributed by atoms with Crippen LogP contribution in [0.5, 0.6) is 5.75 Å². The summed E-state index contributed by atoms with van der Waals surface area (Å²) in [7, 11) is 1.63. The Morgan fingerprint density at radius 3 is 2.63 bits per heavy atom. The molecule has 0 saturated carbocycles. The molecule has 19 heavy (non-hydrogen) atoms. The Morgan fingerprint density at radius 2 is 2.05 bits per heavy atom. The van der Waals surface area contributed by atoms with Gasteiger partial charge in [0, 0.05) is 7.05 Å². The zero-order chi connectivity index (χ0) is 14.5. The van der Waals surface area contributed by atoms with E-state index in [9.17, 15) is 14.3 Å². The van der Waals surface area contributed by atoms with E-state index in [-0.39, 0.29) is 31.3 Å². The standard InChI is InChI=1S/C14H20FNO3/c1-14(2,10-17)16(3)13(18)8-9-19-12-7-5-4-6-11(12)15/h4-7,17H,8-10H2,1-3H3. The van der Waals surface area contributed by atoms with Crippen molar-refractivity contribution in [3.63, 3.8) is 0 Å². The molecule has 106 valence electrons. The molecule has 1 amide bonds. The molecule has 0 aliphatic rings. The van der Waals surface area contributed by atoms with E-state index in [4.69, 9.17) is 4.74 Å². The average Bonchev–Trinajstić information content (AvgIpc) is 2.39. The van der Waals surface area contributed by atoms with Crippen molar-refractivity contribution in [1.29, 1.82) is 0 Å². The summed E-state index contributed by atoms with van der Waals surface area (Å²) < 4.78 is 18.5. The first-order valence-corrected chi connectivity index (χ1v) is 6.13. The molecule has 0 aromatic heterocycles. The first-order chi connectivity index (χ1) is 8.88. The Hall–Kier alpha value is -1.62. The molecule has 0 saturated heterocycles. The third kappa shape index (κ3) is 4.21. The van der Waals surface area contributed by atoms with Gasteiger partial charge in [0.25, 0.3) is 0 Å². The lowest BCUT2D eigenvalue weighted by molar-refractivity contribution is -0.136. The number of halogens is 1. The third-order valence-electron chi connectivity index (χ3n) is 3.08. The summed E-state index contributed by atoms with van der Waals surface area (Å²) in [6.07, 6.45) is 0.133. The second-order valence-electron chi connectivity index (χ2n) is 4.95. The molecule has 0 heterocycles. The number of likely N-dealkylation sites (N-methyl/N-ethyl adjacent to an activating group) is 1. The second-order valence-corrected chi connectivity index (χ2v) is 4.95. The lowest BCUT2D eigenvalue weighted by Crippen LogP contribution is -2.47. The van der Waals surface area contributed by atoms with E-state index in [0.29, 0.717) is 0 Å². The van der Waals surface area contributed by atoms with Gasteiger partial charge in [-0.15, -0.1) is 0 Å². The van der Waals surface area contributed by atoms with Gasteiger partial charge in [-0.3, -0.25) is 4.79 Å². The fourth-order valence-corrected chi connectivity index (χ4v) is 1.42. The lowest BCUT2D eigenvalue weighted by Gasteiger charge is -2.34. The van der Waals surface area contributed by atoms with Crippen LogP contribution in [0.3, 0.4) is 0 Å². The maximum atomic E-state index is 13.3. The van der Waals surface area contributed by atoms with E-state index in [0.717, 1.165) is 0 Å². The Morgan fingerprint density at radius 1 is 1.42 bits per heavy atom. The molecule has 1 rings (SSSR count). The zero-order valence-corrected chi connectivity index (χ0v) is 11.5. The molecular formula is C14H20FNO3. The predicted octanol–water partition coefficient (Wildman–Crippen LogP) is 1.82. The van der Waals surface area contributed by atoms with Crippen molar-refractivity contribution in [2.45, 2.75) is 25.8 Å². The van der Waals surface area contributed by atoms with Crippen molar-refractivity contribution in [2.24, 2.45) is 0 Å². The van der Waals surface area contributed by atoms with Crippen LogP contribution in [0.2, 0.25) is 0 Å². The average molecular weight is 269 g/mol. The molecule has 0 unspecified atom stereocenters. The molecule has 4 nitrogen and oxygen atoms in total. The quantitative estimate of drug-likeness (QED) is 0.857. The molecule has 0 atom stereocenters. The van der Waals surface area contributed by atoms with Crippen LogP contribution < -0.4 is 4.74 Å². The van der Waals surface area contributed by atoms with Crippen LogP contribution >= 0.6 is 0 Å². The third-order valence-corrected chi connectivity index (χ3v) is 3.08. The van der Waals surface area contributed by atoms with Gasteiger partial charge in [0.15, 0.2) is 11.6 Å². The van der Waals surface area contributed by atoms with Crippen LogP contribution in [-0.2, 0) is 4.79 Å². The molecule has 5 heteroatoms. The van der Waals surface area contributed by atoms with E-state index in [2.05, 4.69) is 0 Å². The number of nitrogens with zero attached hydrogens (tertiary/aromatic N) is 1. The van der Waals surface area contributed by atoms with Crippen LogP contribution in [-0.4, -0.2) is 41.7 Å². The number of benzene rings is 1. The number of rotatable bonds is 6. The predicted molar refractivity (Wildman–Crippen MR) is 70.4 cm³/mol. The number of ether oxygens (including phenoxy) is 1. The highest BCUT2D eigenvalue weighted by atomic mass is 19.1. The van der Waals surface area contributed by atoms with Crippen LogP contribution in [0.25, 0.3) is 0 Å². The van der Waals surface area contributed by atoms with Gasteiger partial charge in [-0.2, -0.15) is 0 Å². The fourth-order valence-electron chi connectivity index (χ4n) is 1.42. The van der Waals surface area contributed by atoms with Gasteiger partial charge in [0.2, 0.25) is 5.91 Å². The maximum Gasteiger partial charge on any atom is 0.226 e. The van der Waals surface area contributed by atoms with E-state index in [1.807, 2.05) is 0 Å². The van der Waals surface area contributed by atoms with Crippen molar-refractivity contribution in [3.05, 3.63) is 30.1 Å². The van der Waals surface area contributed by atoms with Gasteiger partial charge in [-0.25, -0.2) is 4.39 Å². The summed E-state index contributed by atoms with van der Waals surface area (Å²) in [5, 5.41) is 9.18. The molecule has 0 spiro atoms. The molecule has 0 aliphatic heterocycles. The number of carbonyl (C=O) groups is 1. The molecule has 0 bridgehead atoms. The van der Waals surface area contributed by atoms with Crippen LogP contribution in [0.1, 0.15) is 20.3 Å². The number of para-hydroxylation sites is 1. The minimum Gasteiger partial charge on any atom is -0.490 e. The summed E-state index contributed by atoms with van der Waals surface area (Å²) in [4.78, 5) is 13.3. The highest BCUT2D eigenvalue weighted by molar-refractivity contribution is 5.76. The number of hydrogen-bond acceptors (Lipinski definition) is 3. The molecular weight excluding hydrogens is 249 g/mol. The van der Waals surface area contributed by atoms with Crippen molar-refractivity contribution >= 4 is 5.91 Å². The number of hydrogen-bond donors (Lipinski definition) is 1. The zero-order valence-electron chi connectivity index (χ0n) is 11.5. The summed E-state index contributed by atoms with van der Waals surface area (Å²) in [5.41, 5.74) is -0.616. The van der Waals surface area contributed by atoms with Gasteiger partial charge in [0.05, 0.1) is 25.2 Å². The normalized spacial score (nSPS) is 11.2. The highest BCUT2D eigenvalue weighted by Crippen LogP contribution is 2.16. The summed E-state index contributed by atoms with van der Waals surface area (Å²) in [5.74, 6) is -0.464. The largest absolute Gasteiger partial charge is 0.490 e. The van der Waals surface area contributed by atoms with Crippen molar-refractivity contribution in [2.75, 3.05) is 20.3 Å².